The Morgan fingerprint density at radius 2 is 1.85 bits per heavy atom. The van der Waals surface area contributed by atoms with Crippen molar-refractivity contribution in [3.05, 3.63) is 117 Å². The Kier molecular flexibility index (Phi) is 6.66. The van der Waals surface area contributed by atoms with Gasteiger partial charge in [-0.2, -0.15) is 0 Å². The molecule has 8 nitrogen and oxygen atoms in total. The molecule has 0 aliphatic rings. The molecule has 166 valence electrons. The fourth-order valence-electron chi connectivity index (χ4n) is 3.26. The van der Waals surface area contributed by atoms with Crippen LogP contribution in [0.5, 0.6) is 11.5 Å². The molecule has 0 aliphatic carbocycles. The smallest absolute Gasteiger partial charge is 0.313 e. The van der Waals surface area contributed by atoms with Crippen LogP contribution in [0, 0.1) is 10.1 Å². The van der Waals surface area contributed by atoms with Crippen LogP contribution < -0.4 is 10.1 Å². The molecule has 0 saturated heterocycles. The van der Waals surface area contributed by atoms with E-state index in [0.717, 1.165) is 11.1 Å². The van der Waals surface area contributed by atoms with Crippen LogP contribution >= 0.6 is 11.6 Å². The summed E-state index contributed by atoms with van der Waals surface area (Å²) in [6, 6.07) is 18.4. The summed E-state index contributed by atoms with van der Waals surface area (Å²) in [6.07, 6.45) is 5.36. The zero-order valence-electron chi connectivity index (χ0n) is 17.3. The molecular formula is C24H19ClN4O4. The lowest BCUT2D eigenvalue weighted by molar-refractivity contribution is -0.385. The Labute approximate surface area is 194 Å². The third-order valence-corrected chi connectivity index (χ3v) is 5.17. The first-order chi connectivity index (χ1) is 16.0. The molecule has 0 radical (unpaired) electrons. The molecule has 4 rings (SSSR count). The number of ether oxygens (including phenoxy) is 1. The quantitative estimate of drug-likeness (QED) is 0.286. The van der Waals surface area contributed by atoms with Gasteiger partial charge in [0.25, 0.3) is 5.91 Å². The highest BCUT2D eigenvalue weighted by molar-refractivity contribution is 6.30. The van der Waals surface area contributed by atoms with E-state index in [9.17, 15) is 14.9 Å². The van der Waals surface area contributed by atoms with E-state index in [4.69, 9.17) is 16.3 Å². The summed E-state index contributed by atoms with van der Waals surface area (Å²) < 4.78 is 7.58. The van der Waals surface area contributed by atoms with E-state index in [1.165, 1.54) is 18.2 Å². The third-order valence-electron chi connectivity index (χ3n) is 4.93. The number of nitrogens with one attached hydrogen (secondary N) is 1. The van der Waals surface area contributed by atoms with Crippen LogP contribution in [-0.2, 0) is 13.1 Å². The summed E-state index contributed by atoms with van der Waals surface area (Å²) in [5.74, 6) is 0.190. The fourth-order valence-corrected chi connectivity index (χ4v) is 3.43. The van der Waals surface area contributed by atoms with Gasteiger partial charge in [0, 0.05) is 42.1 Å². The van der Waals surface area contributed by atoms with E-state index in [0.29, 0.717) is 24.4 Å². The highest BCUT2D eigenvalue weighted by Gasteiger charge is 2.17. The molecule has 0 saturated carbocycles. The summed E-state index contributed by atoms with van der Waals surface area (Å²) in [5.41, 5.74) is 2.30. The predicted molar refractivity (Wildman–Crippen MR) is 124 cm³/mol. The highest BCUT2D eigenvalue weighted by atomic mass is 35.5. The molecule has 0 unspecified atom stereocenters. The highest BCUT2D eigenvalue weighted by Crippen LogP contribution is 2.33. The molecule has 9 heteroatoms. The Hall–Kier alpha value is -4.17. The summed E-state index contributed by atoms with van der Waals surface area (Å²) in [6.45, 7) is 1.04. The average Bonchev–Trinajstić information content (AvgIpc) is 3.33. The van der Waals surface area contributed by atoms with Gasteiger partial charge in [-0.15, -0.1) is 0 Å². The molecule has 0 aliphatic heterocycles. The lowest BCUT2D eigenvalue weighted by atomic mass is 10.1. The van der Waals surface area contributed by atoms with Crippen molar-refractivity contribution in [3.63, 3.8) is 0 Å². The van der Waals surface area contributed by atoms with Gasteiger partial charge in [0.2, 0.25) is 5.75 Å². The largest absolute Gasteiger partial charge is 0.450 e. The van der Waals surface area contributed by atoms with E-state index < -0.39 is 4.92 Å². The van der Waals surface area contributed by atoms with Gasteiger partial charge >= 0.3 is 5.69 Å². The number of carbonyl (C=O) groups is 1. The molecule has 4 aromatic rings. The normalized spacial score (nSPS) is 10.6. The van der Waals surface area contributed by atoms with Gasteiger partial charge < -0.3 is 14.6 Å². The Balaban J connectivity index is 1.40. The molecule has 1 heterocycles. The number of hydrogen-bond acceptors (Lipinski definition) is 5. The van der Waals surface area contributed by atoms with Crippen molar-refractivity contribution in [2.75, 3.05) is 0 Å². The molecule has 33 heavy (non-hydrogen) atoms. The van der Waals surface area contributed by atoms with Gasteiger partial charge in [0.05, 0.1) is 11.3 Å². The Morgan fingerprint density at radius 3 is 2.55 bits per heavy atom. The number of imidazole rings is 1. The monoisotopic (exact) mass is 462 g/mol. The minimum Gasteiger partial charge on any atom is -0.450 e. The Bertz CT molecular complexity index is 1270. The van der Waals surface area contributed by atoms with Crippen molar-refractivity contribution in [2.24, 2.45) is 0 Å². The predicted octanol–water partition coefficient (Wildman–Crippen LogP) is 5.22. The number of benzene rings is 3. The molecule has 1 N–H and O–H groups in total. The maximum absolute atomic E-state index is 12.6. The van der Waals surface area contributed by atoms with Gasteiger partial charge in [-0.25, -0.2) is 4.98 Å². The van der Waals surface area contributed by atoms with Crippen LogP contribution in [0.4, 0.5) is 5.69 Å². The fraction of sp³-hybridized carbons (Fsp3) is 0.0833. The minimum atomic E-state index is -0.562. The van der Waals surface area contributed by atoms with Gasteiger partial charge in [-0.05, 0) is 47.5 Å². The number of amides is 1. The van der Waals surface area contributed by atoms with Crippen LogP contribution in [0.3, 0.4) is 0 Å². The van der Waals surface area contributed by atoms with Gasteiger partial charge in [-0.1, -0.05) is 35.9 Å². The first-order valence-corrected chi connectivity index (χ1v) is 10.4. The molecule has 0 fully saturated rings. The van der Waals surface area contributed by atoms with Crippen molar-refractivity contribution in [1.82, 2.24) is 14.9 Å². The molecule has 0 bridgehead atoms. The number of aromatic nitrogens is 2. The second-order valence-electron chi connectivity index (χ2n) is 7.18. The number of hydrogen-bond donors (Lipinski definition) is 1. The van der Waals surface area contributed by atoms with E-state index in [2.05, 4.69) is 10.3 Å². The zero-order chi connectivity index (χ0) is 23.2. The maximum Gasteiger partial charge on any atom is 0.313 e. The molecule has 1 amide bonds. The third kappa shape index (κ3) is 5.55. The van der Waals surface area contributed by atoms with Crippen LogP contribution in [0.2, 0.25) is 5.02 Å². The lowest BCUT2D eigenvalue weighted by Gasteiger charge is -2.12. The standard InChI is InChI=1S/C24H19ClN4O4/c25-20-7-10-23(22(13-20)29(31)32)33-21-8-5-17(6-9-21)24(30)27-14-18-3-1-2-4-19(18)15-28-12-11-26-16-28/h1-13,16H,14-15H2,(H,27,30). The van der Waals surface area contributed by atoms with Crippen molar-refractivity contribution < 1.29 is 14.5 Å². The lowest BCUT2D eigenvalue weighted by Crippen LogP contribution is -2.23. The molecule has 3 aromatic carbocycles. The van der Waals surface area contributed by atoms with Crippen LogP contribution in [0.15, 0.2) is 85.5 Å². The van der Waals surface area contributed by atoms with Crippen molar-refractivity contribution in [2.45, 2.75) is 13.1 Å². The number of nitrogens with zero attached hydrogens (tertiary/aromatic N) is 3. The second-order valence-corrected chi connectivity index (χ2v) is 7.62. The van der Waals surface area contributed by atoms with E-state index >= 15 is 0 Å². The first-order valence-electron chi connectivity index (χ1n) is 10.0. The summed E-state index contributed by atoms with van der Waals surface area (Å²) in [7, 11) is 0. The van der Waals surface area contributed by atoms with Crippen LogP contribution in [0.1, 0.15) is 21.5 Å². The Morgan fingerprint density at radius 1 is 1.09 bits per heavy atom. The molecule has 1 aromatic heterocycles. The zero-order valence-corrected chi connectivity index (χ0v) is 18.1. The van der Waals surface area contributed by atoms with E-state index in [1.54, 1.807) is 36.8 Å². The van der Waals surface area contributed by atoms with Gasteiger partial charge in [0.1, 0.15) is 5.75 Å². The maximum atomic E-state index is 12.6. The van der Waals surface area contributed by atoms with Gasteiger partial charge in [-0.3, -0.25) is 14.9 Å². The minimum absolute atomic E-state index is 0.0658. The summed E-state index contributed by atoms with van der Waals surface area (Å²) in [5, 5.41) is 14.4. The number of nitro benzene ring substituents is 1. The van der Waals surface area contributed by atoms with Crippen molar-refractivity contribution in [3.8, 4) is 11.5 Å². The molecule has 0 atom stereocenters. The number of rotatable bonds is 8. The van der Waals surface area contributed by atoms with Crippen LogP contribution in [-0.4, -0.2) is 20.4 Å². The molecule has 0 spiro atoms. The average molecular weight is 463 g/mol. The number of nitro groups is 1. The second kappa shape index (κ2) is 9.97. The summed E-state index contributed by atoms with van der Waals surface area (Å²) >= 11 is 5.83. The van der Waals surface area contributed by atoms with Gasteiger partial charge in [0.15, 0.2) is 0 Å². The summed E-state index contributed by atoms with van der Waals surface area (Å²) in [4.78, 5) is 27.3. The first kappa shape index (κ1) is 22.0. The van der Waals surface area contributed by atoms with E-state index in [-0.39, 0.29) is 22.4 Å². The van der Waals surface area contributed by atoms with Crippen LogP contribution in [0.25, 0.3) is 0 Å². The number of carbonyl (C=O) groups excluding carboxylic acids is 1. The van der Waals surface area contributed by atoms with E-state index in [1.807, 2.05) is 35.0 Å². The topological polar surface area (TPSA) is 99.3 Å². The van der Waals surface area contributed by atoms with Crippen molar-refractivity contribution >= 4 is 23.2 Å². The molecular weight excluding hydrogens is 444 g/mol. The SMILES string of the molecule is O=C(NCc1ccccc1Cn1ccnc1)c1ccc(Oc2ccc(Cl)cc2[N+](=O)[O-])cc1. The van der Waals surface area contributed by atoms with Crippen molar-refractivity contribution in [1.29, 1.82) is 0 Å². The number of halogens is 1.